The number of nitriles is 1. The number of nitro groups is 1. The number of hydrogen-bond donors (Lipinski definition) is 1. The number of non-ortho nitro benzene ring substituents is 1. The number of nitrogens with zero attached hydrogens (tertiary/aromatic N) is 3. The highest BCUT2D eigenvalue weighted by atomic mass is 79.9. The van der Waals surface area contributed by atoms with Gasteiger partial charge in [0, 0.05) is 26.4 Å². The van der Waals surface area contributed by atoms with E-state index in [0.717, 1.165) is 19.8 Å². The summed E-state index contributed by atoms with van der Waals surface area (Å²) in [5, 5.41) is 21.0. The van der Waals surface area contributed by atoms with Crippen LogP contribution in [0.2, 0.25) is 0 Å². The van der Waals surface area contributed by atoms with E-state index >= 15 is 0 Å². The van der Waals surface area contributed by atoms with Gasteiger partial charge in [0.1, 0.15) is 6.07 Å². The number of aromatic nitrogens is 2. The number of benzene rings is 2. The first-order valence-corrected chi connectivity index (χ1v) is 10.2. The Morgan fingerprint density at radius 2 is 2.07 bits per heavy atom. The third-order valence-corrected chi connectivity index (χ3v) is 5.87. The molecule has 0 aliphatic carbocycles. The maximum Gasteiger partial charge on any atom is 0.270 e. The molecule has 9 heteroatoms. The van der Waals surface area contributed by atoms with Gasteiger partial charge >= 0.3 is 0 Å². The molecule has 0 saturated heterocycles. The summed E-state index contributed by atoms with van der Waals surface area (Å²) in [5.74, 6) is 0.183. The van der Waals surface area contributed by atoms with E-state index < -0.39 is 4.92 Å². The van der Waals surface area contributed by atoms with Crippen molar-refractivity contribution >= 4 is 55.5 Å². The second-order valence-corrected chi connectivity index (χ2v) is 8.29. The summed E-state index contributed by atoms with van der Waals surface area (Å²) >= 11 is 4.70. The molecule has 0 amide bonds. The third kappa shape index (κ3) is 3.91. The molecule has 0 aliphatic rings. The van der Waals surface area contributed by atoms with Crippen LogP contribution in [0, 0.1) is 21.4 Å². The molecule has 0 aliphatic heterocycles. The van der Waals surface area contributed by atoms with Crippen LogP contribution in [-0.4, -0.2) is 14.9 Å². The molecule has 4 rings (SSSR count). The standard InChI is InChI=1S/C21H11BrN4O3S/c22-14-4-6-18-17(10-14)21(27)25-20(24-18)13(11-23)9-16-5-7-19(30-16)12-2-1-3-15(8-12)26(28)29/h1-10H,(H,24,25,27)/b13-9+. The number of rotatable bonds is 4. The van der Waals surface area contributed by atoms with Crippen molar-refractivity contribution in [1.82, 2.24) is 9.97 Å². The normalized spacial score (nSPS) is 11.4. The Bertz CT molecular complexity index is 1430. The molecular formula is C21H11BrN4O3S. The quantitative estimate of drug-likeness (QED) is 0.240. The van der Waals surface area contributed by atoms with Crippen LogP contribution in [0.3, 0.4) is 0 Å². The highest BCUT2D eigenvalue weighted by molar-refractivity contribution is 9.10. The number of halogens is 1. The largest absolute Gasteiger partial charge is 0.305 e. The van der Waals surface area contributed by atoms with Crippen LogP contribution in [0.1, 0.15) is 10.7 Å². The molecule has 146 valence electrons. The van der Waals surface area contributed by atoms with Crippen LogP contribution >= 0.6 is 27.3 Å². The highest BCUT2D eigenvalue weighted by Gasteiger charge is 2.11. The summed E-state index contributed by atoms with van der Waals surface area (Å²) in [5.41, 5.74) is 1.10. The first-order chi connectivity index (χ1) is 14.4. The molecule has 0 saturated carbocycles. The third-order valence-electron chi connectivity index (χ3n) is 4.30. The summed E-state index contributed by atoms with van der Waals surface area (Å²) in [4.78, 5) is 31.6. The van der Waals surface area contributed by atoms with Gasteiger partial charge in [0.2, 0.25) is 0 Å². The van der Waals surface area contributed by atoms with Gasteiger partial charge in [0.25, 0.3) is 11.2 Å². The number of fused-ring (bicyclic) bond motifs is 1. The second kappa shape index (κ2) is 8.02. The maximum atomic E-state index is 12.4. The predicted octanol–water partition coefficient (Wildman–Crippen LogP) is 5.39. The first kappa shape index (κ1) is 19.7. The van der Waals surface area contributed by atoms with Crippen LogP contribution in [-0.2, 0) is 0 Å². The summed E-state index contributed by atoms with van der Waals surface area (Å²) in [6, 6.07) is 17.2. The van der Waals surface area contributed by atoms with Crippen molar-refractivity contribution < 1.29 is 4.92 Å². The smallest absolute Gasteiger partial charge is 0.270 e. The lowest BCUT2D eigenvalue weighted by molar-refractivity contribution is -0.384. The zero-order valence-electron chi connectivity index (χ0n) is 15.1. The van der Waals surface area contributed by atoms with Crippen molar-refractivity contribution in [2.75, 3.05) is 0 Å². The van der Waals surface area contributed by atoms with Gasteiger partial charge in [0.05, 0.1) is 21.4 Å². The second-order valence-electron chi connectivity index (χ2n) is 6.26. The molecule has 7 nitrogen and oxygen atoms in total. The topological polar surface area (TPSA) is 113 Å². The number of thiophene rings is 1. The maximum absolute atomic E-state index is 12.4. The van der Waals surface area contributed by atoms with E-state index in [1.807, 2.05) is 12.1 Å². The van der Waals surface area contributed by atoms with Gasteiger partial charge in [-0.05, 0) is 42.0 Å². The lowest BCUT2D eigenvalue weighted by Gasteiger charge is -2.02. The van der Waals surface area contributed by atoms with Crippen LogP contribution < -0.4 is 5.56 Å². The number of nitrogens with one attached hydrogen (secondary N) is 1. The van der Waals surface area contributed by atoms with E-state index in [1.165, 1.54) is 23.5 Å². The minimum atomic E-state index is -0.439. The Hall–Kier alpha value is -3.61. The summed E-state index contributed by atoms with van der Waals surface area (Å²) in [6.45, 7) is 0. The van der Waals surface area contributed by atoms with E-state index in [2.05, 4.69) is 32.0 Å². The van der Waals surface area contributed by atoms with Crippen molar-refractivity contribution in [1.29, 1.82) is 5.26 Å². The Balaban J connectivity index is 1.73. The molecule has 0 atom stereocenters. The average molecular weight is 479 g/mol. The van der Waals surface area contributed by atoms with E-state index in [-0.39, 0.29) is 22.6 Å². The number of allylic oxidation sites excluding steroid dienone is 1. The molecule has 1 N–H and O–H groups in total. The van der Waals surface area contributed by atoms with E-state index in [4.69, 9.17) is 0 Å². The Labute approximate surface area is 182 Å². The molecule has 0 bridgehead atoms. The molecular weight excluding hydrogens is 468 g/mol. The monoisotopic (exact) mass is 478 g/mol. The van der Waals surface area contributed by atoms with Crippen LogP contribution in [0.25, 0.3) is 33.0 Å². The molecule has 2 aromatic heterocycles. The lowest BCUT2D eigenvalue weighted by Crippen LogP contribution is -2.11. The van der Waals surface area contributed by atoms with Crippen molar-refractivity contribution in [3.8, 4) is 16.5 Å². The van der Waals surface area contributed by atoms with Crippen molar-refractivity contribution in [3.63, 3.8) is 0 Å². The minimum Gasteiger partial charge on any atom is -0.305 e. The van der Waals surface area contributed by atoms with Crippen molar-refractivity contribution in [2.45, 2.75) is 0 Å². The zero-order chi connectivity index (χ0) is 21.3. The van der Waals surface area contributed by atoms with Gasteiger partial charge in [-0.25, -0.2) is 4.98 Å². The van der Waals surface area contributed by atoms with Gasteiger partial charge in [-0.15, -0.1) is 11.3 Å². The fourth-order valence-electron chi connectivity index (χ4n) is 2.89. The molecule has 0 fully saturated rings. The molecule has 0 unspecified atom stereocenters. The number of nitro benzene ring substituents is 1. The summed E-state index contributed by atoms with van der Waals surface area (Å²) < 4.78 is 0.762. The Morgan fingerprint density at radius 3 is 2.83 bits per heavy atom. The number of aromatic amines is 1. The fourth-order valence-corrected chi connectivity index (χ4v) is 4.20. The highest BCUT2D eigenvalue weighted by Crippen LogP contribution is 2.32. The fraction of sp³-hybridized carbons (Fsp3) is 0. The summed E-state index contributed by atoms with van der Waals surface area (Å²) in [7, 11) is 0. The van der Waals surface area contributed by atoms with Crippen LogP contribution in [0.4, 0.5) is 5.69 Å². The van der Waals surface area contributed by atoms with Crippen LogP contribution in [0.5, 0.6) is 0 Å². The van der Waals surface area contributed by atoms with Crippen molar-refractivity contribution in [2.24, 2.45) is 0 Å². The Morgan fingerprint density at radius 1 is 1.23 bits per heavy atom. The van der Waals surface area contributed by atoms with Crippen molar-refractivity contribution in [3.05, 3.63) is 90.2 Å². The molecule has 2 aromatic carbocycles. The van der Waals surface area contributed by atoms with E-state index in [1.54, 1.807) is 36.4 Å². The summed E-state index contributed by atoms with van der Waals surface area (Å²) in [6.07, 6.45) is 1.63. The Kier molecular flexibility index (Phi) is 5.27. The van der Waals surface area contributed by atoms with Gasteiger partial charge < -0.3 is 4.98 Å². The minimum absolute atomic E-state index is 0.0141. The number of H-pyrrole nitrogens is 1. The molecule has 0 spiro atoms. The van der Waals surface area contributed by atoms with Gasteiger partial charge in [-0.2, -0.15) is 5.26 Å². The molecule has 30 heavy (non-hydrogen) atoms. The molecule has 0 radical (unpaired) electrons. The van der Waals surface area contributed by atoms with Gasteiger partial charge in [-0.3, -0.25) is 14.9 Å². The number of hydrogen-bond acceptors (Lipinski definition) is 6. The molecule has 2 heterocycles. The van der Waals surface area contributed by atoms with Gasteiger partial charge in [-0.1, -0.05) is 28.1 Å². The van der Waals surface area contributed by atoms with E-state index in [9.17, 15) is 20.2 Å². The van der Waals surface area contributed by atoms with E-state index in [0.29, 0.717) is 10.9 Å². The predicted molar refractivity (Wildman–Crippen MR) is 120 cm³/mol. The SMILES string of the molecule is N#C/C(=C\c1ccc(-c2cccc([N+](=O)[O-])c2)s1)c1nc2ccc(Br)cc2c(=O)[nH]1. The first-order valence-electron chi connectivity index (χ1n) is 8.61. The average Bonchev–Trinajstić information content (AvgIpc) is 3.21. The zero-order valence-corrected chi connectivity index (χ0v) is 17.5. The van der Waals surface area contributed by atoms with Gasteiger partial charge in [0.15, 0.2) is 5.82 Å². The van der Waals surface area contributed by atoms with Crippen LogP contribution in [0.15, 0.2) is 63.9 Å². The lowest BCUT2D eigenvalue weighted by atomic mass is 10.1. The molecule has 4 aromatic rings.